The van der Waals surface area contributed by atoms with E-state index in [1.54, 1.807) is 0 Å². The van der Waals surface area contributed by atoms with Crippen LogP contribution in [0.5, 0.6) is 0 Å². The second-order valence-corrected chi connectivity index (χ2v) is 7.37. The number of hydrogen-bond donors (Lipinski definition) is 2. The number of rotatable bonds is 6. The lowest BCUT2D eigenvalue weighted by Crippen LogP contribution is -2.51. The van der Waals surface area contributed by atoms with E-state index >= 15 is 0 Å². The van der Waals surface area contributed by atoms with Crippen molar-refractivity contribution in [3.8, 4) is 12.1 Å². The van der Waals surface area contributed by atoms with Crippen LogP contribution in [-0.4, -0.2) is 31.0 Å². The quantitative estimate of drug-likeness (QED) is 0.831. The maximum atomic E-state index is 10.5. The van der Waals surface area contributed by atoms with E-state index < -0.39 is 11.5 Å². The third kappa shape index (κ3) is 3.85. The number of aliphatic hydroxyl groups is 1. The van der Waals surface area contributed by atoms with Crippen molar-refractivity contribution in [1.29, 1.82) is 10.5 Å². The molecule has 2 fully saturated rings. The fourth-order valence-corrected chi connectivity index (χ4v) is 3.92. The third-order valence-corrected chi connectivity index (χ3v) is 5.76. The number of nitrogens with one attached hydrogen (secondary N) is 1. The van der Waals surface area contributed by atoms with Gasteiger partial charge in [-0.2, -0.15) is 10.5 Å². The van der Waals surface area contributed by atoms with Crippen LogP contribution in [0.4, 0.5) is 0 Å². The summed E-state index contributed by atoms with van der Waals surface area (Å²) >= 11 is 0. The summed E-state index contributed by atoms with van der Waals surface area (Å²) in [4.78, 5) is 0. The molecule has 0 bridgehead atoms. The predicted octanol–water partition coefficient (Wildman–Crippen LogP) is 2.60. The highest BCUT2D eigenvalue weighted by atomic mass is 16.5. The van der Waals surface area contributed by atoms with Gasteiger partial charge in [0.25, 0.3) is 0 Å². The Morgan fingerprint density at radius 1 is 1.12 bits per heavy atom. The van der Waals surface area contributed by atoms with Crippen LogP contribution in [0.3, 0.4) is 0 Å². The SMILES string of the molecule is N#Cc1ccc(C2(NCC(O)CC3(C#N)CCOCC3)CCC2)cc1. The fraction of sp³-hybridized carbons (Fsp3) is 0.600. The number of aliphatic hydroxyl groups excluding tert-OH is 1. The molecule has 1 aliphatic heterocycles. The lowest BCUT2D eigenvalue weighted by molar-refractivity contribution is 0.0110. The van der Waals surface area contributed by atoms with Crippen molar-refractivity contribution < 1.29 is 9.84 Å². The van der Waals surface area contributed by atoms with Crippen LogP contribution in [0.2, 0.25) is 0 Å². The zero-order valence-corrected chi connectivity index (χ0v) is 14.5. The molecule has 5 heteroatoms. The predicted molar refractivity (Wildman–Crippen MR) is 93.4 cm³/mol. The maximum absolute atomic E-state index is 10.5. The Kier molecular flexibility index (Phi) is 5.39. The molecule has 3 rings (SSSR count). The summed E-state index contributed by atoms with van der Waals surface area (Å²) < 4.78 is 5.35. The van der Waals surface area contributed by atoms with Crippen molar-refractivity contribution in [3.63, 3.8) is 0 Å². The van der Waals surface area contributed by atoms with Gasteiger partial charge in [0.15, 0.2) is 0 Å². The van der Waals surface area contributed by atoms with Gasteiger partial charge < -0.3 is 15.2 Å². The molecule has 0 spiro atoms. The van der Waals surface area contributed by atoms with Crippen LogP contribution in [0.1, 0.15) is 49.7 Å². The van der Waals surface area contributed by atoms with Gasteiger partial charge in [-0.3, -0.25) is 0 Å². The maximum Gasteiger partial charge on any atom is 0.0991 e. The third-order valence-electron chi connectivity index (χ3n) is 5.76. The summed E-state index contributed by atoms with van der Waals surface area (Å²) in [5, 5.41) is 32.5. The van der Waals surface area contributed by atoms with E-state index in [-0.39, 0.29) is 5.54 Å². The van der Waals surface area contributed by atoms with Gasteiger partial charge in [-0.05, 0) is 56.2 Å². The molecule has 132 valence electrons. The lowest BCUT2D eigenvalue weighted by Gasteiger charge is -2.44. The van der Waals surface area contributed by atoms with E-state index in [0.29, 0.717) is 44.6 Å². The molecule has 1 unspecified atom stereocenters. The first-order valence-electron chi connectivity index (χ1n) is 9.04. The number of hydrogen-bond acceptors (Lipinski definition) is 5. The Bertz CT molecular complexity index is 662. The van der Waals surface area contributed by atoms with E-state index in [0.717, 1.165) is 19.3 Å². The fourth-order valence-electron chi connectivity index (χ4n) is 3.92. The average molecular weight is 339 g/mol. The van der Waals surface area contributed by atoms with Crippen molar-refractivity contribution >= 4 is 0 Å². The molecule has 5 nitrogen and oxygen atoms in total. The molecule has 2 aliphatic rings. The van der Waals surface area contributed by atoms with Crippen molar-refractivity contribution in [3.05, 3.63) is 35.4 Å². The second kappa shape index (κ2) is 7.54. The molecule has 1 atom stereocenters. The highest BCUT2D eigenvalue weighted by molar-refractivity contribution is 5.35. The van der Waals surface area contributed by atoms with Gasteiger partial charge in [0.05, 0.1) is 29.2 Å². The minimum Gasteiger partial charge on any atom is -0.392 e. The van der Waals surface area contributed by atoms with Crippen molar-refractivity contribution in [1.82, 2.24) is 5.32 Å². The summed E-state index contributed by atoms with van der Waals surface area (Å²) in [5.74, 6) is 0. The van der Waals surface area contributed by atoms with E-state index in [1.807, 2.05) is 24.3 Å². The van der Waals surface area contributed by atoms with Crippen LogP contribution in [0.15, 0.2) is 24.3 Å². The summed E-state index contributed by atoms with van der Waals surface area (Å²) in [5.41, 5.74) is 1.27. The zero-order valence-electron chi connectivity index (χ0n) is 14.5. The minimum atomic E-state index is -0.548. The van der Waals surface area contributed by atoms with Gasteiger partial charge in [-0.25, -0.2) is 0 Å². The molecule has 1 aliphatic carbocycles. The number of ether oxygens (including phenoxy) is 1. The first-order valence-corrected chi connectivity index (χ1v) is 9.04. The summed E-state index contributed by atoms with van der Waals surface area (Å²) in [6.45, 7) is 1.68. The number of nitriles is 2. The largest absolute Gasteiger partial charge is 0.392 e. The topological polar surface area (TPSA) is 89.1 Å². The molecular formula is C20H25N3O2. The van der Waals surface area contributed by atoms with Crippen LogP contribution in [-0.2, 0) is 10.3 Å². The molecular weight excluding hydrogens is 314 g/mol. The van der Waals surface area contributed by atoms with Crippen molar-refractivity contribution in [2.45, 2.75) is 50.2 Å². The van der Waals surface area contributed by atoms with E-state index in [1.165, 1.54) is 5.56 Å². The van der Waals surface area contributed by atoms with E-state index in [2.05, 4.69) is 17.5 Å². The number of nitrogens with zero attached hydrogens (tertiary/aromatic N) is 2. The van der Waals surface area contributed by atoms with E-state index in [4.69, 9.17) is 10.00 Å². The van der Waals surface area contributed by atoms with Gasteiger partial charge in [-0.1, -0.05) is 12.1 Å². The molecule has 1 aromatic rings. The molecule has 0 radical (unpaired) electrons. The van der Waals surface area contributed by atoms with Gasteiger partial charge in [0.1, 0.15) is 0 Å². The lowest BCUT2D eigenvalue weighted by atomic mass is 9.71. The molecule has 2 N–H and O–H groups in total. The van der Waals surface area contributed by atoms with Crippen LogP contribution >= 0.6 is 0 Å². The monoisotopic (exact) mass is 339 g/mol. The van der Waals surface area contributed by atoms with E-state index in [9.17, 15) is 10.4 Å². The molecule has 1 saturated carbocycles. The Labute approximate surface area is 149 Å². The highest BCUT2D eigenvalue weighted by Crippen LogP contribution is 2.41. The molecule has 1 saturated heterocycles. The smallest absolute Gasteiger partial charge is 0.0991 e. The van der Waals surface area contributed by atoms with Crippen LogP contribution in [0.25, 0.3) is 0 Å². The second-order valence-electron chi connectivity index (χ2n) is 7.37. The Morgan fingerprint density at radius 2 is 1.80 bits per heavy atom. The molecule has 25 heavy (non-hydrogen) atoms. The molecule has 0 amide bonds. The highest BCUT2D eigenvalue weighted by Gasteiger charge is 2.40. The van der Waals surface area contributed by atoms with Crippen LogP contribution < -0.4 is 5.32 Å². The number of benzene rings is 1. The zero-order chi connectivity index (χ0) is 17.8. The standard InChI is InChI=1S/C20H25N3O2/c21-13-16-2-4-17(5-3-16)20(6-1-7-20)23-14-18(24)12-19(15-22)8-10-25-11-9-19/h2-5,18,23-24H,1,6-12,14H2. The summed E-state index contributed by atoms with van der Waals surface area (Å²) in [6.07, 6.45) is 4.55. The van der Waals surface area contributed by atoms with Gasteiger partial charge >= 0.3 is 0 Å². The van der Waals surface area contributed by atoms with Crippen molar-refractivity contribution in [2.24, 2.45) is 5.41 Å². The Hall–Kier alpha value is -1.92. The summed E-state index contributed by atoms with van der Waals surface area (Å²) in [7, 11) is 0. The van der Waals surface area contributed by atoms with Gasteiger partial charge in [0, 0.05) is 25.3 Å². The van der Waals surface area contributed by atoms with Crippen molar-refractivity contribution in [2.75, 3.05) is 19.8 Å². The molecule has 1 aromatic carbocycles. The summed E-state index contributed by atoms with van der Waals surface area (Å²) in [6, 6.07) is 12.3. The molecule has 1 heterocycles. The molecule has 0 aromatic heterocycles. The minimum absolute atomic E-state index is 0.107. The normalized spacial score (nSPS) is 22.2. The first-order chi connectivity index (χ1) is 12.1. The van der Waals surface area contributed by atoms with Gasteiger partial charge in [0.2, 0.25) is 0 Å². The average Bonchev–Trinajstić information content (AvgIpc) is 2.62. The Balaban J connectivity index is 1.60. The Morgan fingerprint density at radius 3 is 2.32 bits per heavy atom. The van der Waals surface area contributed by atoms with Gasteiger partial charge in [-0.15, -0.1) is 0 Å². The first kappa shape index (κ1) is 17.9. The van der Waals surface area contributed by atoms with Crippen LogP contribution in [0, 0.1) is 28.1 Å².